The van der Waals surface area contributed by atoms with Crippen LogP contribution in [0.25, 0.3) is 0 Å². The van der Waals surface area contributed by atoms with Crippen molar-refractivity contribution in [2.24, 2.45) is 5.92 Å². The summed E-state index contributed by atoms with van der Waals surface area (Å²) in [5, 5.41) is 12.9. The van der Waals surface area contributed by atoms with Gasteiger partial charge in [-0.1, -0.05) is 19.3 Å². The largest absolute Gasteiger partial charge is 0.397 e. The molecular formula is C18H29N3O2. The summed E-state index contributed by atoms with van der Waals surface area (Å²) in [6, 6.07) is 5.57. The number of hydrogen-bond donors (Lipinski definition) is 3. The van der Waals surface area contributed by atoms with Gasteiger partial charge in [0.15, 0.2) is 0 Å². The third-order valence-corrected chi connectivity index (χ3v) is 4.42. The first kappa shape index (κ1) is 17.6. The summed E-state index contributed by atoms with van der Waals surface area (Å²) in [5.41, 5.74) is 7.44. The Morgan fingerprint density at radius 1 is 1.35 bits per heavy atom. The van der Waals surface area contributed by atoms with E-state index in [1.165, 1.54) is 6.42 Å². The van der Waals surface area contributed by atoms with Crippen molar-refractivity contribution < 1.29 is 9.90 Å². The van der Waals surface area contributed by atoms with E-state index in [0.29, 0.717) is 12.2 Å². The number of amides is 1. The molecule has 0 unspecified atom stereocenters. The molecule has 128 valence electrons. The minimum Gasteiger partial charge on any atom is -0.397 e. The number of rotatable bonds is 5. The summed E-state index contributed by atoms with van der Waals surface area (Å²) in [6.07, 6.45) is 5.51. The van der Waals surface area contributed by atoms with Crippen molar-refractivity contribution in [3.05, 3.63) is 18.2 Å². The van der Waals surface area contributed by atoms with E-state index < -0.39 is 5.60 Å². The highest BCUT2D eigenvalue weighted by atomic mass is 16.3. The van der Waals surface area contributed by atoms with E-state index >= 15 is 0 Å². The Balaban J connectivity index is 2.05. The van der Waals surface area contributed by atoms with Crippen LogP contribution in [0, 0.1) is 5.92 Å². The zero-order valence-electron chi connectivity index (χ0n) is 14.4. The molecule has 5 heteroatoms. The lowest BCUT2D eigenvalue weighted by atomic mass is 9.88. The van der Waals surface area contributed by atoms with Crippen LogP contribution in [0.2, 0.25) is 0 Å². The molecule has 1 aliphatic carbocycles. The molecule has 5 nitrogen and oxygen atoms in total. The molecule has 23 heavy (non-hydrogen) atoms. The summed E-state index contributed by atoms with van der Waals surface area (Å²) in [5.74, 6) is 0.323. The topological polar surface area (TPSA) is 78.6 Å². The maximum absolute atomic E-state index is 12.6. The van der Waals surface area contributed by atoms with Gasteiger partial charge in [0.2, 0.25) is 5.91 Å². The lowest BCUT2D eigenvalue weighted by Gasteiger charge is -2.27. The first-order valence-corrected chi connectivity index (χ1v) is 8.41. The highest BCUT2D eigenvalue weighted by Gasteiger charge is 2.25. The zero-order chi connectivity index (χ0) is 17.0. The maximum atomic E-state index is 12.6. The lowest BCUT2D eigenvalue weighted by molar-refractivity contribution is -0.123. The van der Waals surface area contributed by atoms with Crippen molar-refractivity contribution >= 4 is 23.0 Å². The van der Waals surface area contributed by atoms with Crippen LogP contribution in [0.3, 0.4) is 0 Å². The molecule has 0 bridgehead atoms. The molecule has 1 fully saturated rings. The number of benzene rings is 1. The number of carbonyl (C=O) groups excluding carboxylic acids is 1. The first-order chi connectivity index (χ1) is 10.8. The predicted molar refractivity (Wildman–Crippen MR) is 95.6 cm³/mol. The van der Waals surface area contributed by atoms with Crippen LogP contribution in [0.4, 0.5) is 17.1 Å². The van der Waals surface area contributed by atoms with Gasteiger partial charge in [0.05, 0.1) is 17.0 Å². The average Bonchev–Trinajstić information content (AvgIpc) is 2.52. The standard InChI is InChI=1S/C18H29N3O2/c1-18(2,23)12-20-16-10-9-14(11-15(16)19)21(3)17(22)13-7-5-4-6-8-13/h9-11,13,20,23H,4-8,12,19H2,1-3H3. The van der Waals surface area contributed by atoms with E-state index in [0.717, 1.165) is 37.1 Å². The molecular weight excluding hydrogens is 290 g/mol. The van der Waals surface area contributed by atoms with Crippen molar-refractivity contribution in [3.8, 4) is 0 Å². The highest BCUT2D eigenvalue weighted by Crippen LogP contribution is 2.29. The molecule has 0 atom stereocenters. The maximum Gasteiger partial charge on any atom is 0.229 e. The normalized spacial score (nSPS) is 16.2. The van der Waals surface area contributed by atoms with E-state index in [9.17, 15) is 9.90 Å². The fourth-order valence-corrected chi connectivity index (χ4v) is 2.98. The quantitative estimate of drug-likeness (QED) is 0.729. The van der Waals surface area contributed by atoms with Crippen LogP contribution in [0.15, 0.2) is 18.2 Å². The van der Waals surface area contributed by atoms with E-state index in [1.807, 2.05) is 25.2 Å². The van der Waals surface area contributed by atoms with Gasteiger partial charge in [-0.25, -0.2) is 0 Å². The number of nitrogens with two attached hydrogens (primary N) is 1. The number of anilines is 3. The second-order valence-corrected chi connectivity index (χ2v) is 7.17. The minimum atomic E-state index is -0.807. The Hall–Kier alpha value is -1.75. The molecule has 1 aromatic rings. The van der Waals surface area contributed by atoms with Crippen molar-refractivity contribution in [3.63, 3.8) is 0 Å². The van der Waals surface area contributed by atoms with Gasteiger partial charge in [-0.3, -0.25) is 4.79 Å². The summed E-state index contributed by atoms with van der Waals surface area (Å²) in [4.78, 5) is 14.3. The van der Waals surface area contributed by atoms with Crippen LogP contribution in [0.5, 0.6) is 0 Å². The molecule has 1 aliphatic rings. The Morgan fingerprint density at radius 3 is 2.57 bits per heavy atom. The number of nitrogens with one attached hydrogen (secondary N) is 1. The molecule has 0 spiro atoms. The molecule has 0 heterocycles. The Kier molecular flexibility index (Phi) is 5.52. The number of aliphatic hydroxyl groups is 1. The minimum absolute atomic E-state index is 0.142. The summed E-state index contributed by atoms with van der Waals surface area (Å²) < 4.78 is 0. The first-order valence-electron chi connectivity index (χ1n) is 8.41. The smallest absolute Gasteiger partial charge is 0.229 e. The number of carbonyl (C=O) groups is 1. The predicted octanol–water partition coefficient (Wildman–Crippen LogP) is 2.99. The Bertz CT molecular complexity index is 546. The molecule has 4 N–H and O–H groups in total. The average molecular weight is 319 g/mol. The fraction of sp³-hybridized carbons (Fsp3) is 0.611. The van der Waals surface area contributed by atoms with E-state index in [1.54, 1.807) is 18.7 Å². The Morgan fingerprint density at radius 2 is 2.00 bits per heavy atom. The van der Waals surface area contributed by atoms with Crippen LogP contribution in [-0.4, -0.2) is 30.2 Å². The van der Waals surface area contributed by atoms with E-state index in [2.05, 4.69) is 5.32 Å². The summed E-state index contributed by atoms with van der Waals surface area (Å²) in [7, 11) is 1.82. The fourth-order valence-electron chi connectivity index (χ4n) is 2.98. The monoisotopic (exact) mass is 319 g/mol. The zero-order valence-corrected chi connectivity index (χ0v) is 14.4. The molecule has 1 aromatic carbocycles. The Labute approximate surface area is 138 Å². The van der Waals surface area contributed by atoms with Crippen molar-refractivity contribution in [2.75, 3.05) is 29.5 Å². The van der Waals surface area contributed by atoms with Crippen molar-refractivity contribution in [2.45, 2.75) is 51.6 Å². The van der Waals surface area contributed by atoms with Gasteiger partial charge < -0.3 is 21.1 Å². The molecule has 0 aliphatic heterocycles. The van der Waals surface area contributed by atoms with Gasteiger partial charge in [0.25, 0.3) is 0 Å². The van der Waals surface area contributed by atoms with Crippen LogP contribution in [0.1, 0.15) is 46.0 Å². The number of nitrogen functional groups attached to an aromatic ring is 1. The second-order valence-electron chi connectivity index (χ2n) is 7.17. The molecule has 0 radical (unpaired) electrons. The van der Waals surface area contributed by atoms with Crippen LogP contribution >= 0.6 is 0 Å². The SMILES string of the molecule is CN(C(=O)C1CCCCC1)c1ccc(NCC(C)(C)O)c(N)c1. The van der Waals surface area contributed by atoms with Crippen LogP contribution < -0.4 is 16.0 Å². The third-order valence-electron chi connectivity index (χ3n) is 4.42. The highest BCUT2D eigenvalue weighted by molar-refractivity contribution is 5.95. The number of hydrogen-bond acceptors (Lipinski definition) is 4. The van der Waals surface area contributed by atoms with Gasteiger partial charge in [-0.15, -0.1) is 0 Å². The van der Waals surface area contributed by atoms with Crippen LogP contribution in [-0.2, 0) is 4.79 Å². The third kappa shape index (κ3) is 4.86. The summed E-state index contributed by atoms with van der Waals surface area (Å²) >= 11 is 0. The van der Waals surface area contributed by atoms with Gasteiger partial charge in [-0.2, -0.15) is 0 Å². The van der Waals surface area contributed by atoms with Gasteiger partial charge in [0.1, 0.15) is 0 Å². The number of nitrogens with zero attached hydrogens (tertiary/aromatic N) is 1. The van der Waals surface area contributed by atoms with E-state index in [-0.39, 0.29) is 11.8 Å². The van der Waals surface area contributed by atoms with Gasteiger partial charge in [-0.05, 0) is 44.9 Å². The molecule has 1 saturated carbocycles. The van der Waals surface area contributed by atoms with Gasteiger partial charge >= 0.3 is 0 Å². The van der Waals surface area contributed by atoms with Crippen molar-refractivity contribution in [1.82, 2.24) is 0 Å². The molecule has 2 rings (SSSR count). The molecule has 0 aromatic heterocycles. The van der Waals surface area contributed by atoms with Crippen molar-refractivity contribution in [1.29, 1.82) is 0 Å². The lowest BCUT2D eigenvalue weighted by Crippen LogP contribution is -2.34. The molecule has 1 amide bonds. The van der Waals surface area contributed by atoms with Gasteiger partial charge in [0, 0.05) is 25.2 Å². The van der Waals surface area contributed by atoms with E-state index in [4.69, 9.17) is 5.73 Å². The second kappa shape index (κ2) is 7.21. The molecule has 0 saturated heterocycles. The summed E-state index contributed by atoms with van der Waals surface area (Å²) in [6.45, 7) is 3.88.